The Hall–Kier alpha value is -1.56. The molecule has 0 aliphatic rings. The third-order valence-corrected chi connectivity index (χ3v) is 10.4. The van der Waals surface area contributed by atoms with Gasteiger partial charge in [0.05, 0.1) is 13.2 Å². The summed E-state index contributed by atoms with van der Waals surface area (Å²) >= 11 is 0. The summed E-state index contributed by atoms with van der Waals surface area (Å²) in [6.45, 7) is 20.3. The van der Waals surface area contributed by atoms with Gasteiger partial charge in [0.25, 0.3) is 0 Å². The molecule has 0 aliphatic heterocycles. The molecule has 0 N–H and O–H groups in total. The third kappa shape index (κ3) is 8.29. The minimum absolute atomic E-state index is 0.00113. The maximum atomic E-state index is 6.40. The monoisotopic (exact) mass is 434 g/mol. The van der Waals surface area contributed by atoms with Crippen molar-refractivity contribution in [3.05, 3.63) is 48.6 Å². The predicted molar refractivity (Wildman–Crippen MR) is 129 cm³/mol. The van der Waals surface area contributed by atoms with Crippen LogP contribution in [0.1, 0.15) is 41.0 Å². The van der Waals surface area contributed by atoms with E-state index in [0.717, 1.165) is 17.9 Å². The minimum Gasteiger partial charge on any atom is -0.497 e. The number of ether oxygens (including phenoxy) is 3. The quantitative estimate of drug-likeness (QED) is 0.273. The number of methoxy groups -OCH3 is 2. The average molecular weight is 435 g/mol. The van der Waals surface area contributed by atoms with Gasteiger partial charge in [-0.2, -0.15) is 0 Å². The van der Waals surface area contributed by atoms with E-state index in [2.05, 4.69) is 60.4 Å². The minimum atomic E-state index is -1.77. The molecule has 0 aliphatic carbocycles. The molecule has 0 saturated heterocycles. The molecule has 1 rings (SSSR count). The van der Waals surface area contributed by atoms with E-state index < -0.39 is 8.32 Å². The number of hydrogen-bond donors (Lipinski definition) is 0. The van der Waals surface area contributed by atoms with Gasteiger partial charge in [0.15, 0.2) is 8.32 Å². The Balaban J connectivity index is 2.71. The number of benzene rings is 1. The Kier molecular flexibility index (Phi) is 10.3. The van der Waals surface area contributed by atoms with Crippen LogP contribution in [0.25, 0.3) is 0 Å². The van der Waals surface area contributed by atoms with Gasteiger partial charge in [0.1, 0.15) is 17.6 Å². The third-order valence-electron chi connectivity index (χ3n) is 5.93. The Bertz CT molecular complexity index is 673. The van der Waals surface area contributed by atoms with E-state index in [1.807, 2.05) is 30.3 Å². The second kappa shape index (κ2) is 11.7. The van der Waals surface area contributed by atoms with Gasteiger partial charge < -0.3 is 18.6 Å². The molecule has 0 amide bonds. The van der Waals surface area contributed by atoms with Crippen LogP contribution < -0.4 is 9.47 Å². The highest BCUT2D eigenvalue weighted by molar-refractivity contribution is 6.74. The van der Waals surface area contributed by atoms with Gasteiger partial charge in [-0.15, -0.1) is 0 Å². The zero-order valence-electron chi connectivity index (χ0n) is 20.5. The van der Waals surface area contributed by atoms with Gasteiger partial charge in [0, 0.05) is 26.1 Å². The molecule has 0 unspecified atom stereocenters. The second-order valence-corrected chi connectivity index (χ2v) is 14.3. The predicted octanol–water partition coefficient (Wildman–Crippen LogP) is 6.64. The molecule has 3 atom stereocenters. The molecule has 1 aromatic carbocycles. The van der Waals surface area contributed by atoms with Gasteiger partial charge >= 0.3 is 0 Å². The first-order valence-corrected chi connectivity index (χ1v) is 13.6. The van der Waals surface area contributed by atoms with E-state index in [-0.39, 0.29) is 23.2 Å². The fourth-order valence-corrected chi connectivity index (χ4v) is 3.90. The largest absolute Gasteiger partial charge is 0.497 e. The summed E-state index contributed by atoms with van der Waals surface area (Å²) in [5.41, 5.74) is 1.21. The van der Waals surface area contributed by atoms with Gasteiger partial charge in [-0.25, -0.2) is 0 Å². The lowest BCUT2D eigenvalue weighted by atomic mass is 10.0. The van der Waals surface area contributed by atoms with Crippen LogP contribution in [-0.2, 0) is 9.16 Å². The van der Waals surface area contributed by atoms with E-state index in [1.54, 1.807) is 14.2 Å². The molecule has 0 bridgehead atoms. The lowest BCUT2D eigenvalue weighted by molar-refractivity contribution is 0.0683. The Morgan fingerprint density at radius 1 is 1.10 bits per heavy atom. The van der Waals surface area contributed by atoms with Crippen molar-refractivity contribution in [1.82, 2.24) is 0 Å². The van der Waals surface area contributed by atoms with Crippen molar-refractivity contribution in [2.75, 3.05) is 20.8 Å². The molecular weight excluding hydrogens is 392 g/mol. The van der Waals surface area contributed by atoms with Crippen molar-refractivity contribution >= 4 is 8.32 Å². The van der Waals surface area contributed by atoms with Crippen molar-refractivity contribution in [3.8, 4) is 11.5 Å². The number of hydrogen-bond acceptors (Lipinski definition) is 4. The maximum absolute atomic E-state index is 6.40. The fourth-order valence-electron chi connectivity index (χ4n) is 2.78. The fraction of sp³-hybridized carbons (Fsp3) is 0.600. The highest BCUT2D eigenvalue weighted by Gasteiger charge is 2.37. The van der Waals surface area contributed by atoms with Gasteiger partial charge in [-0.1, -0.05) is 52.0 Å². The summed E-state index contributed by atoms with van der Waals surface area (Å²) in [6.07, 6.45) is 4.68. The summed E-state index contributed by atoms with van der Waals surface area (Å²) in [5.74, 6) is 1.88. The van der Waals surface area contributed by atoms with Crippen molar-refractivity contribution in [2.24, 2.45) is 5.92 Å². The van der Waals surface area contributed by atoms with Crippen LogP contribution in [0.2, 0.25) is 18.1 Å². The van der Waals surface area contributed by atoms with Gasteiger partial charge in [-0.3, -0.25) is 0 Å². The van der Waals surface area contributed by atoms with E-state index >= 15 is 0 Å². The Labute approximate surface area is 185 Å². The highest BCUT2D eigenvalue weighted by atomic mass is 28.4. The molecule has 30 heavy (non-hydrogen) atoms. The van der Waals surface area contributed by atoms with Gasteiger partial charge in [-0.05, 0) is 49.3 Å². The summed E-state index contributed by atoms with van der Waals surface area (Å²) < 4.78 is 23.4. The van der Waals surface area contributed by atoms with Crippen molar-refractivity contribution in [3.63, 3.8) is 0 Å². The van der Waals surface area contributed by atoms with Crippen molar-refractivity contribution in [1.29, 1.82) is 0 Å². The molecule has 4 nitrogen and oxygen atoms in total. The topological polar surface area (TPSA) is 36.9 Å². The first kappa shape index (κ1) is 26.5. The highest BCUT2D eigenvalue weighted by Crippen LogP contribution is 2.37. The first-order chi connectivity index (χ1) is 13.9. The van der Waals surface area contributed by atoms with E-state index in [9.17, 15) is 0 Å². The molecule has 1 aromatic rings. The lowest BCUT2D eigenvalue weighted by Gasteiger charge is -2.37. The average Bonchev–Trinajstić information content (AvgIpc) is 2.69. The molecular formula is C25H42O4Si. The summed E-state index contributed by atoms with van der Waals surface area (Å²) in [6, 6.07) is 7.60. The Morgan fingerprint density at radius 2 is 1.67 bits per heavy atom. The molecule has 0 radical (unpaired) electrons. The summed E-state index contributed by atoms with van der Waals surface area (Å²) in [4.78, 5) is 0. The van der Waals surface area contributed by atoms with E-state index in [1.165, 1.54) is 5.57 Å². The van der Waals surface area contributed by atoms with Crippen LogP contribution in [-0.4, -0.2) is 41.4 Å². The van der Waals surface area contributed by atoms with Crippen LogP contribution in [0.15, 0.2) is 48.6 Å². The van der Waals surface area contributed by atoms with Crippen LogP contribution in [0.3, 0.4) is 0 Å². The lowest BCUT2D eigenvalue weighted by Crippen LogP contribution is -2.42. The van der Waals surface area contributed by atoms with Crippen molar-refractivity contribution < 1.29 is 18.6 Å². The molecule has 5 heteroatoms. The van der Waals surface area contributed by atoms with Crippen LogP contribution in [0.4, 0.5) is 0 Å². The molecule has 0 fully saturated rings. The zero-order valence-corrected chi connectivity index (χ0v) is 21.5. The molecule has 0 heterocycles. The second-order valence-electron chi connectivity index (χ2n) is 9.53. The molecule has 0 spiro atoms. The molecule has 0 aromatic heterocycles. The SMILES string of the molecule is C=C[C@@H](C/C(C)=C/[C@@H](OC)[C@@H](C)CO[Si](C)(C)C(C)(C)C)Oc1ccc(OC)cc1. The number of rotatable bonds is 12. The summed E-state index contributed by atoms with van der Waals surface area (Å²) in [7, 11) is 1.65. The summed E-state index contributed by atoms with van der Waals surface area (Å²) in [5, 5.41) is 0.205. The molecule has 0 saturated carbocycles. The van der Waals surface area contributed by atoms with E-state index in [4.69, 9.17) is 18.6 Å². The van der Waals surface area contributed by atoms with Gasteiger partial charge in [0.2, 0.25) is 0 Å². The van der Waals surface area contributed by atoms with Crippen LogP contribution in [0.5, 0.6) is 11.5 Å². The zero-order chi connectivity index (χ0) is 22.9. The smallest absolute Gasteiger partial charge is 0.191 e. The first-order valence-electron chi connectivity index (χ1n) is 10.7. The van der Waals surface area contributed by atoms with E-state index in [0.29, 0.717) is 6.61 Å². The normalized spacial score (nSPS) is 16.0. The maximum Gasteiger partial charge on any atom is 0.191 e. The molecule has 170 valence electrons. The van der Waals surface area contributed by atoms with Crippen LogP contribution in [0, 0.1) is 5.92 Å². The van der Waals surface area contributed by atoms with Crippen LogP contribution >= 0.6 is 0 Å². The standard InChI is InChI=1S/C25H42O4Si/c1-11-21(29-23-14-12-22(26-7)13-15-23)16-19(2)17-24(27-8)20(3)18-28-30(9,10)25(4,5)6/h11-15,17,20-21,24H,1,16,18H2,2-10H3/b19-17+/t20-,21-,24+/m0/s1. The Morgan fingerprint density at radius 3 is 2.13 bits per heavy atom. The van der Waals surface area contributed by atoms with Crippen molar-refractivity contribution in [2.45, 2.75) is 71.4 Å².